The molecule has 30 heavy (non-hydrogen) atoms. The molecule has 0 aromatic heterocycles. The number of ether oxygens (including phenoxy) is 2. The fourth-order valence-corrected chi connectivity index (χ4v) is 4.81. The number of aryl methyl sites for hydroxylation is 1. The van der Waals surface area contributed by atoms with E-state index >= 15 is 0 Å². The Labute approximate surface area is 182 Å². The molecule has 7 heteroatoms. The zero-order chi connectivity index (χ0) is 21.8. The quantitative estimate of drug-likeness (QED) is 0.655. The molecular weight excluding hydrogens is 400 g/mol. The molecule has 6 nitrogen and oxygen atoms in total. The third kappa shape index (κ3) is 4.96. The molecule has 2 aromatic carbocycles. The molecule has 1 unspecified atom stereocenters. The second-order valence-electron chi connectivity index (χ2n) is 7.61. The summed E-state index contributed by atoms with van der Waals surface area (Å²) in [6, 6.07) is 13.6. The molecule has 0 fully saturated rings. The van der Waals surface area contributed by atoms with Crippen LogP contribution >= 0.6 is 11.8 Å². The van der Waals surface area contributed by atoms with Crippen LogP contribution in [0.5, 0.6) is 5.75 Å². The number of benzene rings is 2. The fraction of sp³-hybridized carbons (Fsp3) is 0.391. The molecule has 0 bridgehead atoms. The van der Waals surface area contributed by atoms with Gasteiger partial charge in [-0.25, -0.2) is 0 Å². The number of rotatable bonds is 6. The first-order chi connectivity index (χ1) is 14.3. The van der Waals surface area contributed by atoms with E-state index in [0.29, 0.717) is 13.1 Å². The van der Waals surface area contributed by atoms with Crippen molar-refractivity contribution in [1.82, 2.24) is 4.90 Å². The van der Waals surface area contributed by atoms with E-state index in [1.165, 1.54) is 6.92 Å². The summed E-state index contributed by atoms with van der Waals surface area (Å²) in [5.74, 6) is 0.0571. The first-order valence-electron chi connectivity index (χ1n) is 9.84. The Balaban J connectivity index is 2.09. The number of methoxy groups -OCH3 is 1. The lowest BCUT2D eigenvalue weighted by molar-refractivity contribution is -0.152. The molecule has 0 aliphatic carbocycles. The van der Waals surface area contributed by atoms with Crippen LogP contribution in [0.4, 0.5) is 5.69 Å². The van der Waals surface area contributed by atoms with E-state index in [1.54, 1.807) is 23.8 Å². The van der Waals surface area contributed by atoms with E-state index < -0.39 is 12.1 Å². The summed E-state index contributed by atoms with van der Waals surface area (Å²) in [6.45, 7) is 4.58. The van der Waals surface area contributed by atoms with Crippen LogP contribution in [0, 0.1) is 6.92 Å². The van der Waals surface area contributed by atoms with Crippen molar-refractivity contribution in [3.05, 3.63) is 53.6 Å². The van der Waals surface area contributed by atoms with Crippen molar-refractivity contribution in [2.45, 2.75) is 30.1 Å². The largest absolute Gasteiger partial charge is 0.497 e. The van der Waals surface area contributed by atoms with Gasteiger partial charge in [0.25, 0.3) is 5.91 Å². The first kappa shape index (κ1) is 22.2. The summed E-state index contributed by atoms with van der Waals surface area (Å²) < 4.78 is 10.9. The van der Waals surface area contributed by atoms with Crippen molar-refractivity contribution < 1.29 is 19.1 Å². The standard InChI is InChI=1S/C23H28N2O4S/c1-15-6-11-19-20(14-15)30-22(17-7-9-18(28-5)10-8-17)21(29-16(2)26)23(27)25(19)13-12-24(3)4/h6-11,14,21-22H,12-13H2,1-5H3/t21?,22-/m0/s1. The molecule has 0 saturated carbocycles. The molecule has 0 radical (unpaired) electrons. The van der Waals surface area contributed by atoms with Crippen LogP contribution in [0.25, 0.3) is 0 Å². The number of anilines is 1. The number of amides is 1. The summed E-state index contributed by atoms with van der Waals surface area (Å²) >= 11 is 1.56. The van der Waals surface area contributed by atoms with Crippen molar-refractivity contribution in [3.63, 3.8) is 0 Å². The molecule has 0 saturated heterocycles. The Morgan fingerprint density at radius 2 is 1.87 bits per heavy atom. The zero-order valence-electron chi connectivity index (χ0n) is 18.0. The topological polar surface area (TPSA) is 59.1 Å². The van der Waals surface area contributed by atoms with Crippen LogP contribution in [0.15, 0.2) is 47.4 Å². The number of hydrogen-bond acceptors (Lipinski definition) is 6. The second-order valence-corrected chi connectivity index (χ2v) is 8.79. The minimum atomic E-state index is -0.921. The van der Waals surface area contributed by atoms with Gasteiger partial charge in [-0.2, -0.15) is 0 Å². The highest BCUT2D eigenvalue weighted by atomic mass is 32.2. The highest BCUT2D eigenvalue weighted by Crippen LogP contribution is 2.47. The molecule has 1 amide bonds. The van der Waals surface area contributed by atoms with Crippen LogP contribution in [-0.2, 0) is 14.3 Å². The molecule has 2 aromatic rings. The van der Waals surface area contributed by atoms with E-state index in [-0.39, 0.29) is 11.2 Å². The monoisotopic (exact) mass is 428 g/mol. The van der Waals surface area contributed by atoms with Gasteiger partial charge in [-0.1, -0.05) is 18.2 Å². The maximum atomic E-state index is 13.6. The van der Waals surface area contributed by atoms with Gasteiger partial charge in [0.15, 0.2) is 6.10 Å². The number of esters is 1. The SMILES string of the molecule is COc1ccc([C@@H]2Sc3cc(C)ccc3N(CCN(C)C)C(=O)C2OC(C)=O)cc1. The normalized spacial score (nSPS) is 18.7. The van der Waals surface area contributed by atoms with Gasteiger partial charge in [-0.15, -0.1) is 11.8 Å². The Morgan fingerprint density at radius 1 is 1.17 bits per heavy atom. The third-order valence-corrected chi connectivity index (χ3v) is 6.31. The summed E-state index contributed by atoms with van der Waals surface area (Å²) in [7, 11) is 5.55. The smallest absolute Gasteiger partial charge is 0.303 e. The van der Waals surface area contributed by atoms with Crippen LogP contribution in [0.3, 0.4) is 0 Å². The fourth-order valence-electron chi connectivity index (χ4n) is 3.40. The predicted octanol–water partition coefficient (Wildman–Crippen LogP) is 3.68. The molecule has 2 atom stereocenters. The summed E-state index contributed by atoms with van der Waals surface area (Å²) in [4.78, 5) is 30.3. The number of fused-ring (bicyclic) bond motifs is 1. The van der Waals surface area contributed by atoms with Crippen molar-refractivity contribution in [2.24, 2.45) is 0 Å². The molecule has 1 heterocycles. The number of nitrogens with zero attached hydrogens (tertiary/aromatic N) is 2. The maximum Gasteiger partial charge on any atom is 0.303 e. The van der Waals surface area contributed by atoms with Gasteiger partial charge in [-0.05, 0) is 56.4 Å². The van der Waals surface area contributed by atoms with E-state index in [2.05, 4.69) is 6.07 Å². The molecule has 0 spiro atoms. The van der Waals surface area contributed by atoms with E-state index in [9.17, 15) is 9.59 Å². The zero-order valence-corrected chi connectivity index (χ0v) is 18.9. The number of thioether (sulfide) groups is 1. The van der Waals surface area contributed by atoms with Gasteiger partial charge >= 0.3 is 5.97 Å². The summed E-state index contributed by atoms with van der Waals surface area (Å²) in [5, 5.41) is -0.364. The van der Waals surface area contributed by atoms with Crippen LogP contribution < -0.4 is 9.64 Å². The second kappa shape index (κ2) is 9.53. The van der Waals surface area contributed by atoms with Crippen molar-refractivity contribution in [3.8, 4) is 5.75 Å². The number of likely N-dealkylation sites (N-methyl/N-ethyl adjacent to an activating group) is 1. The average Bonchev–Trinajstić information content (AvgIpc) is 2.81. The highest BCUT2D eigenvalue weighted by Gasteiger charge is 2.40. The van der Waals surface area contributed by atoms with Gasteiger partial charge < -0.3 is 19.3 Å². The lowest BCUT2D eigenvalue weighted by Gasteiger charge is -2.28. The Hall–Kier alpha value is -2.51. The van der Waals surface area contributed by atoms with Crippen molar-refractivity contribution in [2.75, 3.05) is 39.2 Å². The van der Waals surface area contributed by atoms with Gasteiger partial charge in [0.2, 0.25) is 0 Å². The lowest BCUT2D eigenvalue weighted by atomic mass is 10.1. The average molecular weight is 429 g/mol. The Morgan fingerprint density at radius 3 is 2.47 bits per heavy atom. The first-order valence-corrected chi connectivity index (χ1v) is 10.7. The highest BCUT2D eigenvalue weighted by molar-refractivity contribution is 7.99. The summed E-state index contributed by atoms with van der Waals surface area (Å²) in [6.07, 6.45) is -0.921. The van der Waals surface area contributed by atoms with E-state index in [4.69, 9.17) is 9.47 Å². The van der Waals surface area contributed by atoms with Crippen molar-refractivity contribution >= 4 is 29.3 Å². The van der Waals surface area contributed by atoms with Crippen LogP contribution in [-0.4, -0.2) is 57.2 Å². The van der Waals surface area contributed by atoms with Crippen LogP contribution in [0.2, 0.25) is 0 Å². The van der Waals surface area contributed by atoms with E-state index in [0.717, 1.165) is 27.5 Å². The van der Waals surface area contributed by atoms with Gasteiger partial charge in [-0.3, -0.25) is 9.59 Å². The maximum absolute atomic E-state index is 13.6. The van der Waals surface area contributed by atoms with Gasteiger partial charge in [0, 0.05) is 24.9 Å². The summed E-state index contributed by atoms with van der Waals surface area (Å²) in [5.41, 5.74) is 2.87. The third-order valence-electron chi connectivity index (χ3n) is 4.95. The lowest BCUT2D eigenvalue weighted by Crippen LogP contribution is -2.45. The number of carbonyl (C=O) groups excluding carboxylic acids is 2. The minimum absolute atomic E-state index is 0.206. The predicted molar refractivity (Wildman–Crippen MR) is 119 cm³/mol. The molecule has 0 N–H and O–H groups in total. The molecule has 160 valence electrons. The molecule has 1 aliphatic heterocycles. The van der Waals surface area contributed by atoms with E-state index in [1.807, 2.05) is 62.3 Å². The Bertz CT molecular complexity index is 914. The number of carbonyl (C=O) groups is 2. The van der Waals surface area contributed by atoms with Gasteiger partial charge in [0.05, 0.1) is 18.0 Å². The van der Waals surface area contributed by atoms with Gasteiger partial charge in [0.1, 0.15) is 5.75 Å². The molecule has 3 rings (SSSR count). The molecule has 1 aliphatic rings. The Kier molecular flexibility index (Phi) is 7.05. The van der Waals surface area contributed by atoms with Crippen LogP contribution in [0.1, 0.15) is 23.3 Å². The van der Waals surface area contributed by atoms with Crippen molar-refractivity contribution in [1.29, 1.82) is 0 Å². The number of hydrogen-bond donors (Lipinski definition) is 0. The minimum Gasteiger partial charge on any atom is -0.497 e. The molecular formula is C23H28N2O4S.